The Morgan fingerprint density at radius 2 is 1.76 bits per heavy atom. The van der Waals surface area contributed by atoms with Crippen molar-refractivity contribution in [1.29, 1.82) is 0 Å². The predicted octanol–water partition coefficient (Wildman–Crippen LogP) is 7.12. The molecule has 2 fully saturated rings. The van der Waals surface area contributed by atoms with Gasteiger partial charge in [0.15, 0.2) is 11.6 Å². The topological polar surface area (TPSA) is 41.6 Å². The fourth-order valence-electron chi connectivity index (χ4n) is 6.09. The van der Waals surface area contributed by atoms with Crippen molar-refractivity contribution in [3.8, 4) is 11.5 Å². The summed E-state index contributed by atoms with van der Waals surface area (Å²) < 4.78 is 33.2. The van der Waals surface area contributed by atoms with Crippen molar-refractivity contribution in [3.05, 3.63) is 59.2 Å². The van der Waals surface area contributed by atoms with Crippen LogP contribution in [-0.4, -0.2) is 36.0 Å². The van der Waals surface area contributed by atoms with Crippen molar-refractivity contribution in [2.24, 2.45) is 17.8 Å². The third kappa shape index (κ3) is 6.51. The van der Waals surface area contributed by atoms with E-state index in [-0.39, 0.29) is 17.7 Å². The van der Waals surface area contributed by atoms with Gasteiger partial charge in [0.05, 0.1) is 0 Å². The number of aryl methyl sites for hydroxylation is 1. The smallest absolute Gasteiger partial charge is 0.254 e. The number of carbonyl (C=O) groups excluding carboxylic acids is 1. The fraction of sp³-hybridized carbons (Fsp3) is 0.581. The maximum Gasteiger partial charge on any atom is 0.254 e. The summed E-state index contributed by atoms with van der Waals surface area (Å²) in [5.41, 5.74) is 1.64. The monoisotopic (exact) mass is 510 g/mol. The summed E-state index contributed by atoms with van der Waals surface area (Å²) in [6, 6.07) is 9.49. The molecule has 6 heteroatoms. The van der Waals surface area contributed by atoms with E-state index in [2.05, 4.69) is 24.1 Å². The molecule has 5 rings (SSSR count). The average molecular weight is 511 g/mol. The van der Waals surface area contributed by atoms with Gasteiger partial charge >= 0.3 is 0 Å². The molecule has 2 aromatic rings. The number of hydrogen-bond donors (Lipinski definition) is 1. The zero-order chi connectivity index (χ0) is 25.9. The van der Waals surface area contributed by atoms with Crippen LogP contribution in [0.1, 0.15) is 81.1 Å². The number of halogens is 2. The zero-order valence-corrected chi connectivity index (χ0v) is 22.1. The molecule has 0 bridgehead atoms. The Bertz CT molecular complexity index is 1090. The van der Waals surface area contributed by atoms with E-state index in [1.807, 2.05) is 6.07 Å². The number of nitrogens with zero attached hydrogens (tertiary/aromatic N) is 1. The molecule has 1 atom stereocenters. The lowest BCUT2D eigenvalue weighted by Crippen LogP contribution is -2.45. The lowest BCUT2D eigenvalue weighted by atomic mass is 9.80. The first-order valence-electron chi connectivity index (χ1n) is 14.2. The highest BCUT2D eigenvalue weighted by Gasteiger charge is 2.33. The number of carbonyl (C=O) groups is 1. The Balaban J connectivity index is 1.27. The average Bonchev–Trinajstić information content (AvgIpc) is 3.72. The highest BCUT2D eigenvalue weighted by molar-refractivity contribution is 5.96. The maximum atomic E-state index is 14.2. The number of amides is 1. The lowest BCUT2D eigenvalue weighted by Gasteiger charge is -2.38. The van der Waals surface area contributed by atoms with Gasteiger partial charge in [-0.15, -0.1) is 0 Å². The predicted molar refractivity (Wildman–Crippen MR) is 142 cm³/mol. The van der Waals surface area contributed by atoms with Crippen LogP contribution in [0.3, 0.4) is 0 Å². The summed E-state index contributed by atoms with van der Waals surface area (Å²) in [4.78, 5) is 16.0. The first-order valence-corrected chi connectivity index (χ1v) is 14.2. The Kier molecular flexibility index (Phi) is 8.13. The highest BCUT2D eigenvalue weighted by atomic mass is 19.1. The summed E-state index contributed by atoms with van der Waals surface area (Å²) >= 11 is 0. The van der Waals surface area contributed by atoms with Crippen LogP contribution in [0.25, 0.3) is 0 Å². The summed E-state index contributed by atoms with van der Waals surface area (Å²) in [5.74, 6) is 0.887. The molecule has 0 radical (unpaired) electrons. The van der Waals surface area contributed by atoms with Crippen LogP contribution in [0, 0.1) is 29.4 Å². The number of hydrogen-bond acceptors (Lipinski definition) is 3. The molecule has 1 N–H and O–H groups in total. The first-order chi connectivity index (χ1) is 17.9. The van der Waals surface area contributed by atoms with Gasteiger partial charge in [0.2, 0.25) is 0 Å². The summed E-state index contributed by atoms with van der Waals surface area (Å²) in [6.07, 6.45) is 10.5. The van der Waals surface area contributed by atoms with Crippen LogP contribution >= 0.6 is 0 Å². The van der Waals surface area contributed by atoms with Crippen molar-refractivity contribution >= 4 is 5.91 Å². The molecule has 1 unspecified atom stereocenters. The van der Waals surface area contributed by atoms with Gasteiger partial charge in [-0.25, -0.2) is 8.78 Å². The molecule has 0 saturated heterocycles. The van der Waals surface area contributed by atoms with E-state index in [1.165, 1.54) is 57.2 Å². The van der Waals surface area contributed by atoms with Crippen molar-refractivity contribution < 1.29 is 18.3 Å². The van der Waals surface area contributed by atoms with E-state index >= 15 is 0 Å². The second-order valence-electron chi connectivity index (χ2n) is 11.7. The highest BCUT2D eigenvalue weighted by Crippen LogP contribution is 2.35. The standard InChI is InChI=1S/C31H40F2N2O2/c1-20(2)29(16-21-7-11-25(12-8-21)34-19-22-5-6-22)35-15-3-4-23-9-13-26(18-27(23)31(35)36)37-30-14-10-24(32)17-28(30)33/h9-10,13-14,17-18,20-22,25,29,34H,3-8,11-12,15-16,19H2,1-2H3. The normalized spacial score (nSPS) is 23.1. The quantitative estimate of drug-likeness (QED) is 0.391. The van der Waals surface area contributed by atoms with E-state index < -0.39 is 11.6 Å². The van der Waals surface area contributed by atoms with Crippen molar-refractivity contribution in [2.45, 2.75) is 83.7 Å². The van der Waals surface area contributed by atoms with Gasteiger partial charge in [-0.2, -0.15) is 0 Å². The molecule has 0 spiro atoms. The molecular formula is C31H40F2N2O2. The second kappa shape index (κ2) is 11.5. The van der Waals surface area contributed by atoms with Gasteiger partial charge in [0, 0.05) is 30.3 Å². The Labute approximate surface area is 219 Å². The van der Waals surface area contributed by atoms with E-state index in [9.17, 15) is 13.6 Å². The molecule has 37 heavy (non-hydrogen) atoms. The molecule has 0 aromatic heterocycles. The van der Waals surface area contributed by atoms with Crippen LogP contribution in [-0.2, 0) is 6.42 Å². The van der Waals surface area contributed by atoms with Crippen LogP contribution in [0.15, 0.2) is 36.4 Å². The van der Waals surface area contributed by atoms with Gasteiger partial charge in [0.1, 0.15) is 11.6 Å². The van der Waals surface area contributed by atoms with Crippen molar-refractivity contribution in [2.75, 3.05) is 13.1 Å². The van der Waals surface area contributed by atoms with Crippen molar-refractivity contribution in [1.82, 2.24) is 10.2 Å². The Morgan fingerprint density at radius 3 is 2.46 bits per heavy atom. The summed E-state index contributed by atoms with van der Waals surface area (Å²) in [5, 5.41) is 3.78. The minimum Gasteiger partial charge on any atom is -0.454 e. The fourth-order valence-corrected chi connectivity index (χ4v) is 6.09. The largest absolute Gasteiger partial charge is 0.454 e. The molecule has 2 aromatic carbocycles. The van der Waals surface area contributed by atoms with Crippen LogP contribution in [0.4, 0.5) is 8.78 Å². The van der Waals surface area contributed by atoms with Crippen LogP contribution < -0.4 is 10.1 Å². The Hall–Kier alpha value is -2.47. The van der Waals surface area contributed by atoms with Gasteiger partial charge in [0.25, 0.3) is 5.91 Å². The second-order valence-corrected chi connectivity index (χ2v) is 11.7. The third-order valence-electron chi connectivity index (χ3n) is 8.52. The minimum absolute atomic E-state index is 0.0380. The molecule has 200 valence electrons. The van der Waals surface area contributed by atoms with E-state index in [0.29, 0.717) is 29.2 Å². The zero-order valence-electron chi connectivity index (χ0n) is 22.1. The molecular weight excluding hydrogens is 470 g/mol. The lowest BCUT2D eigenvalue weighted by molar-refractivity contribution is 0.0575. The number of fused-ring (bicyclic) bond motifs is 1. The SMILES string of the molecule is CC(C)C(CC1CCC(NCC2CC2)CC1)N1CCCc2ccc(Oc3ccc(F)cc3F)cc2C1=O. The van der Waals surface area contributed by atoms with Gasteiger partial charge < -0.3 is 15.0 Å². The Morgan fingerprint density at radius 1 is 1.00 bits per heavy atom. The molecule has 1 amide bonds. The molecule has 4 nitrogen and oxygen atoms in total. The van der Waals surface area contributed by atoms with Gasteiger partial charge in [-0.3, -0.25) is 4.79 Å². The van der Waals surface area contributed by atoms with Crippen LogP contribution in [0.2, 0.25) is 0 Å². The summed E-state index contributed by atoms with van der Waals surface area (Å²) in [6.45, 7) is 6.38. The molecule has 2 saturated carbocycles. The summed E-state index contributed by atoms with van der Waals surface area (Å²) in [7, 11) is 0. The van der Waals surface area contributed by atoms with Crippen molar-refractivity contribution in [3.63, 3.8) is 0 Å². The molecule has 1 aliphatic heterocycles. The molecule has 1 heterocycles. The van der Waals surface area contributed by atoms with Gasteiger partial charge in [-0.05, 0) is 112 Å². The van der Waals surface area contributed by atoms with Gasteiger partial charge in [-0.1, -0.05) is 19.9 Å². The number of benzene rings is 2. The van der Waals surface area contributed by atoms with Crippen LogP contribution in [0.5, 0.6) is 11.5 Å². The van der Waals surface area contributed by atoms with E-state index in [4.69, 9.17) is 4.74 Å². The number of rotatable bonds is 9. The van der Waals surface area contributed by atoms with E-state index in [0.717, 1.165) is 43.4 Å². The number of nitrogens with one attached hydrogen (secondary N) is 1. The molecule has 2 aliphatic carbocycles. The molecule has 3 aliphatic rings. The van der Waals surface area contributed by atoms with E-state index in [1.54, 1.807) is 12.1 Å². The maximum absolute atomic E-state index is 14.2. The minimum atomic E-state index is -0.764. The number of ether oxygens (including phenoxy) is 1. The third-order valence-corrected chi connectivity index (χ3v) is 8.52. The first kappa shape index (κ1) is 26.1.